The topological polar surface area (TPSA) is 78.9 Å². The normalized spacial score (nSPS) is 12.6. The molecule has 0 aromatic carbocycles. The van der Waals surface area contributed by atoms with Gasteiger partial charge in [-0.2, -0.15) is 0 Å². The van der Waals surface area contributed by atoms with Crippen LogP contribution in [0.25, 0.3) is 0 Å². The van der Waals surface area contributed by atoms with Crippen LogP contribution < -0.4 is 0 Å². The molecule has 58 heavy (non-hydrogen) atoms. The summed E-state index contributed by atoms with van der Waals surface area (Å²) in [4.78, 5) is 37.9. The number of hydrogen-bond acceptors (Lipinski definition) is 6. The van der Waals surface area contributed by atoms with Crippen molar-refractivity contribution in [3.05, 3.63) is 0 Å². The highest BCUT2D eigenvalue weighted by Gasteiger charge is 2.19. The second-order valence-corrected chi connectivity index (χ2v) is 19.0. The SMILES string of the molecule is CCC(C)CCCCCCCCCCC(=O)OC[C@H](COC(=O)CCCCCCCCCCCC(C)C)OC(=O)CCCCCCCCCCCCCCCC(C)C. The lowest BCUT2D eigenvalue weighted by Gasteiger charge is -2.18. The molecular weight excluding hydrogens is 721 g/mol. The summed E-state index contributed by atoms with van der Waals surface area (Å²) in [6.45, 7) is 13.7. The van der Waals surface area contributed by atoms with Gasteiger partial charge in [0.1, 0.15) is 13.2 Å². The summed E-state index contributed by atoms with van der Waals surface area (Å²) < 4.78 is 16.8. The van der Waals surface area contributed by atoms with Crippen molar-refractivity contribution < 1.29 is 28.6 Å². The molecule has 0 aliphatic carbocycles. The highest BCUT2D eigenvalue weighted by Crippen LogP contribution is 2.18. The number of carbonyl (C=O) groups is 3. The first-order valence-corrected chi connectivity index (χ1v) is 25.6. The molecule has 0 aromatic rings. The average molecular weight is 821 g/mol. The van der Waals surface area contributed by atoms with Crippen molar-refractivity contribution in [2.45, 2.75) is 285 Å². The molecule has 6 heteroatoms. The van der Waals surface area contributed by atoms with Crippen LogP contribution in [0.2, 0.25) is 0 Å². The van der Waals surface area contributed by atoms with Crippen LogP contribution in [0.5, 0.6) is 0 Å². The fourth-order valence-electron chi connectivity index (χ4n) is 7.73. The third kappa shape index (κ3) is 44.0. The first kappa shape index (κ1) is 56.4. The predicted molar refractivity (Wildman–Crippen MR) is 247 cm³/mol. The molecule has 2 atom stereocenters. The van der Waals surface area contributed by atoms with E-state index in [1.165, 1.54) is 161 Å². The first-order valence-electron chi connectivity index (χ1n) is 25.6. The maximum absolute atomic E-state index is 12.8. The minimum atomic E-state index is -0.763. The van der Waals surface area contributed by atoms with E-state index < -0.39 is 6.10 Å². The zero-order chi connectivity index (χ0) is 42.7. The second-order valence-electron chi connectivity index (χ2n) is 19.0. The van der Waals surface area contributed by atoms with Crippen molar-refractivity contribution in [1.82, 2.24) is 0 Å². The monoisotopic (exact) mass is 821 g/mol. The molecule has 0 rings (SSSR count). The van der Waals surface area contributed by atoms with Gasteiger partial charge in [-0.05, 0) is 37.0 Å². The van der Waals surface area contributed by atoms with Crippen LogP contribution in [0.3, 0.4) is 0 Å². The molecule has 0 saturated heterocycles. The molecule has 1 unspecified atom stereocenters. The van der Waals surface area contributed by atoms with E-state index in [1.54, 1.807) is 0 Å². The van der Waals surface area contributed by atoms with Gasteiger partial charge in [-0.25, -0.2) is 0 Å². The zero-order valence-corrected chi connectivity index (χ0v) is 39.8. The summed E-state index contributed by atoms with van der Waals surface area (Å²) in [5, 5.41) is 0. The van der Waals surface area contributed by atoms with Crippen molar-refractivity contribution in [2.75, 3.05) is 13.2 Å². The van der Waals surface area contributed by atoms with Crippen LogP contribution in [0.4, 0.5) is 0 Å². The number of unbranched alkanes of at least 4 members (excludes halogenated alkanes) is 27. The van der Waals surface area contributed by atoms with E-state index in [4.69, 9.17) is 14.2 Å². The van der Waals surface area contributed by atoms with Crippen molar-refractivity contribution in [2.24, 2.45) is 17.8 Å². The summed E-state index contributed by atoms with van der Waals surface area (Å²) in [5.74, 6) is 1.64. The van der Waals surface area contributed by atoms with E-state index in [9.17, 15) is 14.4 Å². The van der Waals surface area contributed by atoms with E-state index in [2.05, 4.69) is 41.5 Å². The maximum atomic E-state index is 12.8. The van der Waals surface area contributed by atoms with E-state index in [0.717, 1.165) is 75.5 Å². The Bertz CT molecular complexity index is 900. The molecule has 0 heterocycles. The van der Waals surface area contributed by atoms with Crippen LogP contribution in [0.15, 0.2) is 0 Å². The molecule has 0 amide bonds. The van der Waals surface area contributed by atoms with Gasteiger partial charge in [-0.15, -0.1) is 0 Å². The van der Waals surface area contributed by atoms with E-state index >= 15 is 0 Å². The Labute approximate surface area is 361 Å². The summed E-state index contributed by atoms with van der Waals surface area (Å²) >= 11 is 0. The van der Waals surface area contributed by atoms with E-state index in [1.807, 2.05) is 0 Å². The lowest BCUT2D eigenvalue weighted by Crippen LogP contribution is -2.30. The molecule has 6 nitrogen and oxygen atoms in total. The average Bonchev–Trinajstić information content (AvgIpc) is 3.19. The summed E-state index contributed by atoms with van der Waals surface area (Å²) in [7, 11) is 0. The highest BCUT2D eigenvalue weighted by molar-refractivity contribution is 5.71. The highest BCUT2D eigenvalue weighted by atomic mass is 16.6. The van der Waals surface area contributed by atoms with Gasteiger partial charge < -0.3 is 14.2 Å². The number of hydrogen-bond donors (Lipinski definition) is 0. The summed E-state index contributed by atoms with van der Waals surface area (Å²) in [5.41, 5.74) is 0. The largest absolute Gasteiger partial charge is 0.462 e. The minimum Gasteiger partial charge on any atom is -0.462 e. The Kier molecular flexibility index (Phi) is 42.3. The molecule has 344 valence electrons. The van der Waals surface area contributed by atoms with Gasteiger partial charge in [0, 0.05) is 19.3 Å². The molecule has 0 radical (unpaired) electrons. The molecule has 0 spiro atoms. The molecule has 0 aromatic heterocycles. The van der Waals surface area contributed by atoms with Gasteiger partial charge in [0.15, 0.2) is 6.10 Å². The maximum Gasteiger partial charge on any atom is 0.306 e. The van der Waals surface area contributed by atoms with Crippen molar-refractivity contribution in [3.63, 3.8) is 0 Å². The smallest absolute Gasteiger partial charge is 0.306 e. The van der Waals surface area contributed by atoms with Crippen molar-refractivity contribution in [3.8, 4) is 0 Å². The fraction of sp³-hybridized carbons (Fsp3) is 0.942. The standard InChI is InChI=1S/C52H100O6/c1-7-48(6)40-34-28-22-18-19-24-30-36-42-51(54)57-45-49(44-56-50(53)41-35-29-23-17-13-15-21-27-33-39-47(4)5)58-52(55)43-37-31-25-16-12-10-8-9-11-14-20-26-32-38-46(2)3/h46-49H,7-45H2,1-6H3/t48?,49-/m0/s1. The lowest BCUT2D eigenvalue weighted by atomic mass is 9.99. The van der Waals surface area contributed by atoms with Crippen LogP contribution >= 0.6 is 0 Å². The number of rotatable bonds is 45. The Morgan fingerprint density at radius 3 is 0.897 bits per heavy atom. The number of esters is 3. The Morgan fingerprint density at radius 2 is 0.603 bits per heavy atom. The van der Waals surface area contributed by atoms with Crippen LogP contribution in [-0.2, 0) is 28.6 Å². The van der Waals surface area contributed by atoms with Gasteiger partial charge in [0.2, 0.25) is 0 Å². The summed E-state index contributed by atoms with van der Waals surface area (Å²) in [6.07, 6.45) is 42.3. The molecule has 0 fully saturated rings. The van der Waals surface area contributed by atoms with Gasteiger partial charge in [-0.3, -0.25) is 14.4 Å². The van der Waals surface area contributed by atoms with Crippen molar-refractivity contribution in [1.29, 1.82) is 0 Å². The summed E-state index contributed by atoms with van der Waals surface area (Å²) in [6, 6.07) is 0. The molecule has 0 saturated carbocycles. The lowest BCUT2D eigenvalue weighted by molar-refractivity contribution is -0.167. The number of ether oxygens (including phenoxy) is 3. The van der Waals surface area contributed by atoms with E-state index in [0.29, 0.717) is 19.3 Å². The Balaban J connectivity index is 4.33. The van der Waals surface area contributed by atoms with Crippen LogP contribution in [0, 0.1) is 17.8 Å². The Morgan fingerprint density at radius 1 is 0.345 bits per heavy atom. The molecule has 0 aliphatic rings. The van der Waals surface area contributed by atoms with Gasteiger partial charge in [0.05, 0.1) is 0 Å². The van der Waals surface area contributed by atoms with Crippen molar-refractivity contribution >= 4 is 17.9 Å². The Hall–Kier alpha value is -1.59. The minimum absolute atomic E-state index is 0.0653. The third-order valence-corrected chi connectivity index (χ3v) is 12.0. The molecular formula is C52H100O6. The van der Waals surface area contributed by atoms with Gasteiger partial charge in [-0.1, -0.05) is 241 Å². The van der Waals surface area contributed by atoms with Gasteiger partial charge >= 0.3 is 17.9 Å². The molecule has 0 bridgehead atoms. The first-order chi connectivity index (χ1) is 28.1. The molecule has 0 aliphatic heterocycles. The van der Waals surface area contributed by atoms with Crippen LogP contribution in [0.1, 0.15) is 279 Å². The van der Waals surface area contributed by atoms with Crippen LogP contribution in [-0.4, -0.2) is 37.2 Å². The van der Waals surface area contributed by atoms with E-state index in [-0.39, 0.29) is 31.1 Å². The molecule has 0 N–H and O–H groups in total. The second kappa shape index (κ2) is 43.5. The number of carbonyl (C=O) groups excluding carboxylic acids is 3. The predicted octanol–water partition coefficient (Wildman–Crippen LogP) is 16.4. The van der Waals surface area contributed by atoms with Gasteiger partial charge in [0.25, 0.3) is 0 Å². The third-order valence-electron chi connectivity index (χ3n) is 12.0. The quantitative estimate of drug-likeness (QED) is 0.0346. The zero-order valence-electron chi connectivity index (χ0n) is 39.8. The fourth-order valence-corrected chi connectivity index (χ4v) is 7.73.